The van der Waals surface area contributed by atoms with Crippen molar-refractivity contribution in [3.63, 3.8) is 0 Å². The van der Waals surface area contributed by atoms with Crippen molar-refractivity contribution >= 4 is 17.4 Å². The first-order chi connectivity index (χ1) is 18.0. The minimum absolute atomic E-state index is 0.102. The zero-order valence-electron chi connectivity index (χ0n) is 20.7. The molecule has 2 aliphatic heterocycles. The van der Waals surface area contributed by atoms with Crippen LogP contribution >= 0.6 is 0 Å². The summed E-state index contributed by atoms with van der Waals surface area (Å²) in [6.07, 6.45) is 3.66. The highest BCUT2D eigenvalue weighted by atomic mass is 19.4. The fraction of sp³-hybridized carbons (Fsp3) is 0.458. The number of aromatic nitrogens is 2. The van der Waals surface area contributed by atoms with Crippen LogP contribution in [0.1, 0.15) is 44.2 Å². The van der Waals surface area contributed by atoms with E-state index in [0.29, 0.717) is 5.82 Å². The highest BCUT2D eigenvalue weighted by molar-refractivity contribution is 5.78. The molecule has 3 N–H and O–H groups in total. The molecule has 2 aromatic rings. The number of halogens is 6. The molecular weight excluding hydrogens is 520 g/mol. The summed E-state index contributed by atoms with van der Waals surface area (Å²) in [5.74, 6) is -0.704. The van der Waals surface area contributed by atoms with Crippen molar-refractivity contribution in [2.75, 3.05) is 18.0 Å². The molecule has 14 heteroatoms. The lowest BCUT2D eigenvalue weighted by Crippen LogP contribution is -2.41. The van der Waals surface area contributed by atoms with Crippen molar-refractivity contribution in [1.29, 1.82) is 0 Å². The average molecular weight is 550 g/mol. The van der Waals surface area contributed by atoms with E-state index in [0.717, 1.165) is 49.0 Å². The summed E-state index contributed by atoms with van der Waals surface area (Å²) < 4.78 is 70.4. The van der Waals surface area contributed by atoms with Gasteiger partial charge in [-0.1, -0.05) is 13.8 Å². The molecule has 1 atom stereocenters. The predicted octanol–water partition coefficient (Wildman–Crippen LogP) is 4.45. The lowest BCUT2D eigenvalue weighted by atomic mass is 10.1. The van der Waals surface area contributed by atoms with Gasteiger partial charge in [0, 0.05) is 43.2 Å². The lowest BCUT2D eigenvalue weighted by Gasteiger charge is -2.28. The zero-order valence-corrected chi connectivity index (χ0v) is 20.7. The van der Waals surface area contributed by atoms with E-state index in [1.54, 1.807) is 6.08 Å². The van der Waals surface area contributed by atoms with Gasteiger partial charge in [-0.25, -0.2) is 9.78 Å². The number of nitrogens with zero attached hydrogens (tertiary/aromatic N) is 3. The van der Waals surface area contributed by atoms with Gasteiger partial charge < -0.3 is 20.6 Å². The molecule has 0 bridgehead atoms. The first kappa shape index (κ1) is 30.5. The summed E-state index contributed by atoms with van der Waals surface area (Å²) in [5, 5.41) is 14.9. The van der Waals surface area contributed by atoms with E-state index in [4.69, 9.17) is 0 Å². The van der Waals surface area contributed by atoms with E-state index in [-0.39, 0.29) is 23.5 Å². The first-order valence-electron chi connectivity index (χ1n) is 11.9. The first-order valence-corrected chi connectivity index (χ1v) is 11.9. The number of hydrogen-bond donors (Lipinski definition) is 3. The Morgan fingerprint density at radius 1 is 1.18 bits per heavy atom. The van der Waals surface area contributed by atoms with Crippen LogP contribution in [0.5, 0.6) is 0 Å². The van der Waals surface area contributed by atoms with Gasteiger partial charge in [0.1, 0.15) is 11.5 Å². The van der Waals surface area contributed by atoms with E-state index < -0.39 is 36.0 Å². The van der Waals surface area contributed by atoms with Crippen molar-refractivity contribution in [2.24, 2.45) is 0 Å². The molecule has 0 aliphatic carbocycles. The van der Waals surface area contributed by atoms with Gasteiger partial charge in [-0.3, -0.25) is 9.20 Å². The van der Waals surface area contributed by atoms with Crippen LogP contribution in [0.2, 0.25) is 0 Å². The maximum Gasteiger partial charge on any atom is 0.417 e. The van der Waals surface area contributed by atoms with Crippen LogP contribution in [0, 0.1) is 0 Å². The minimum atomic E-state index is -4.66. The number of carboxylic acid groups (broad SMARTS) is 1. The van der Waals surface area contributed by atoms with Crippen LogP contribution in [-0.2, 0) is 17.5 Å². The molecule has 8 nitrogen and oxygen atoms in total. The van der Waals surface area contributed by atoms with Crippen molar-refractivity contribution in [2.45, 2.75) is 58.6 Å². The number of piperidine rings is 1. The van der Waals surface area contributed by atoms with Gasteiger partial charge in [-0.15, -0.1) is 0 Å². The molecule has 0 aromatic carbocycles. The number of hydrogen-bond acceptors (Lipinski definition) is 6. The lowest BCUT2D eigenvalue weighted by molar-refractivity contribution is -0.139. The summed E-state index contributed by atoms with van der Waals surface area (Å²) in [7, 11) is 0. The largest absolute Gasteiger partial charge is 0.479 e. The van der Waals surface area contributed by atoms with Gasteiger partial charge in [0.25, 0.3) is 5.56 Å². The monoisotopic (exact) mass is 549 g/mol. The molecule has 0 saturated carbocycles. The fourth-order valence-electron chi connectivity index (χ4n) is 3.88. The molecule has 38 heavy (non-hydrogen) atoms. The molecule has 2 aromatic heterocycles. The second-order valence-electron chi connectivity index (χ2n) is 7.97. The fourth-order valence-corrected chi connectivity index (χ4v) is 3.88. The van der Waals surface area contributed by atoms with Crippen LogP contribution in [0.25, 0.3) is 5.65 Å². The number of carboxylic acids is 1. The van der Waals surface area contributed by atoms with Crippen molar-refractivity contribution in [1.82, 2.24) is 20.0 Å². The average Bonchev–Trinajstić information content (AvgIpc) is 2.88. The third-order valence-corrected chi connectivity index (χ3v) is 5.51. The molecule has 4 heterocycles. The Morgan fingerprint density at radius 3 is 2.39 bits per heavy atom. The number of nitrogens with one attached hydrogen (secondary N) is 2. The Balaban J connectivity index is 0.000000773. The Kier molecular flexibility index (Phi) is 11.0. The number of aliphatic carboxylic acids is 1. The highest BCUT2D eigenvalue weighted by Gasteiger charge is 2.32. The number of alkyl halides is 6. The number of carbonyl (C=O) groups is 1. The second-order valence-corrected chi connectivity index (χ2v) is 7.97. The summed E-state index contributed by atoms with van der Waals surface area (Å²) in [4.78, 5) is 30.6. The molecular formula is C24H29F6N5O3. The number of pyridine rings is 1. The molecule has 1 fully saturated rings. The smallest absolute Gasteiger partial charge is 0.417 e. The normalized spacial score (nSPS) is 17.0. The molecule has 1 unspecified atom stereocenters. The Hall–Kier alpha value is -3.71. The minimum Gasteiger partial charge on any atom is -0.479 e. The maximum absolute atomic E-state index is 13.5. The van der Waals surface area contributed by atoms with Crippen LogP contribution in [-0.4, -0.2) is 46.3 Å². The number of dihydropyridines is 1. The second kappa shape index (κ2) is 13.7. The quantitative estimate of drug-likeness (QED) is 0.474. The van der Waals surface area contributed by atoms with Crippen LogP contribution in [0.3, 0.4) is 0 Å². The third kappa shape index (κ3) is 8.15. The van der Waals surface area contributed by atoms with E-state index >= 15 is 0 Å². The Bertz CT molecular complexity index is 1200. The summed E-state index contributed by atoms with van der Waals surface area (Å²) in [6, 6.07) is 1.14. The molecule has 4 rings (SSSR count). The van der Waals surface area contributed by atoms with Gasteiger partial charge in [0.2, 0.25) is 0 Å². The van der Waals surface area contributed by atoms with Gasteiger partial charge in [-0.05, 0) is 43.7 Å². The standard InChI is InChI=1S/C21H22F3N5O3.C2H6.CHF3/c22-21(23,24)14-9-13(11-26-15-5-4-6-25-18(15)20(31)32)19-27-16(10-17(30)29(19)12-14)28-7-2-1-3-8-28;1-2;2-1(3)4/h4-6,9-10,12,18,25-26H,1-3,7-8,11H2,(H,31,32);1-2H3;1H. The molecule has 1 saturated heterocycles. The van der Waals surface area contributed by atoms with Gasteiger partial charge in [0.15, 0.2) is 6.04 Å². The van der Waals surface area contributed by atoms with E-state index in [1.165, 1.54) is 18.3 Å². The van der Waals surface area contributed by atoms with Crippen LogP contribution in [0.4, 0.5) is 32.2 Å². The van der Waals surface area contributed by atoms with Crippen LogP contribution < -0.4 is 21.1 Å². The Morgan fingerprint density at radius 2 is 1.82 bits per heavy atom. The molecule has 0 amide bonds. The van der Waals surface area contributed by atoms with Crippen molar-refractivity contribution in [3.8, 4) is 0 Å². The number of fused-ring (bicyclic) bond motifs is 1. The molecule has 210 valence electrons. The van der Waals surface area contributed by atoms with Crippen molar-refractivity contribution < 1.29 is 36.2 Å². The maximum atomic E-state index is 13.5. The molecule has 2 aliphatic rings. The summed E-state index contributed by atoms with van der Waals surface area (Å²) >= 11 is 0. The zero-order chi connectivity index (χ0) is 28.5. The number of allylic oxidation sites excluding steroid dienone is 2. The summed E-state index contributed by atoms with van der Waals surface area (Å²) in [6.45, 7) is 1.64. The van der Waals surface area contributed by atoms with Crippen LogP contribution in [0.15, 0.2) is 47.2 Å². The van der Waals surface area contributed by atoms with Gasteiger partial charge >= 0.3 is 18.8 Å². The van der Waals surface area contributed by atoms with E-state index in [9.17, 15) is 41.0 Å². The molecule has 0 radical (unpaired) electrons. The van der Waals surface area contributed by atoms with Crippen molar-refractivity contribution in [3.05, 3.63) is 63.9 Å². The highest BCUT2D eigenvalue weighted by Crippen LogP contribution is 2.31. The van der Waals surface area contributed by atoms with E-state index in [2.05, 4.69) is 15.6 Å². The number of rotatable bonds is 5. The summed E-state index contributed by atoms with van der Waals surface area (Å²) in [5.41, 5.74) is -1.07. The van der Waals surface area contributed by atoms with E-state index in [1.807, 2.05) is 18.7 Å². The number of anilines is 1. The van der Waals surface area contributed by atoms with Gasteiger partial charge in [0.05, 0.1) is 5.56 Å². The predicted molar refractivity (Wildman–Crippen MR) is 130 cm³/mol. The topological polar surface area (TPSA) is 99.0 Å². The van der Waals surface area contributed by atoms with Gasteiger partial charge in [-0.2, -0.15) is 26.3 Å². The Labute approximate surface area is 214 Å². The molecule has 0 spiro atoms. The SMILES string of the molecule is CC.FC(F)F.O=C(O)C1NC=CC=C1NCc1cc(C(F)(F)F)cn2c(=O)cc(N3CCCCC3)nc12. The third-order valence-electron chi connectivity index (χ3n) is 5.51.